The number of aromatic nitrogens is 1. The molecule has 27 heavy (non-hydrogen) atoms. The molecular formula is C20H30N4O3. The quantitative estimate of drug-likeness (QED) is 0.809. The van der Waals surface area contributed by atoms with Crippen LogP contribution < -0.4 is 10.2 Å². The number of hydrogen-bond donors (Lipinski definition) is 1. The zero-order valence-electron chi connectivity index (χ0n) is 16.3. The first-order valence-corrected chi connectivity index (χ1v) is 9.98. The van der Waals surface area contributed by atoms with E-state index in [9.17, 15) is 9.59 Å². The molecule has 2 aliphatic heterocycles. The summed E-state index contributed by atoms with van der Waals surface area (Å²) < 4.78 is 5.00. The number of rotatable bonds is 4. The lowest BCUT2D eigenvalue weighted by Gasteiger charge is -2.31. The Bertz CT molecular complexity index is 649. The van der Waals surface area contributed by atoms with Crippen LogP contribution in [0.15, 0.2) is 18.3 Å². The Morgan fingerprint density at radius 3 is 2.81 bits per heavy atom. The van der Waals surface area contributed by atoms with Crippen molar-refractivity contribution in [1.82, 2.24) is 15.2 Å². The molecular weight excluding hydrogens is 344 g/mol. The summed E-state index contributed by atoms with van der Waals surface area (Å²) in [5.41, 5.74) is 0.465. The van der Waals surface area contributed by atoms with Crippen molar-refractivity contribution >= 4 is 17.7 Å². The number of ether oxygens (including phenoxy) is 1. The van der Waals surface area contributed by atoms with Gasteiger partial charge < -0.3 is 19.9 Å². The van der Waals surface area contributed by atoms with Gasteiger partial charge in [0, 0.05) is 44.3 Å². The van der Waals surface area contributed by atoms with Crippen LogP contribution in [0.5, 0.6) is 0 Å². The summed E-state index contributed by atoms with van der Waals surface area (Å²) in [5, 5.41) is 3.41. The zero-order valence-corrected chi connectivity index (χ0v) is 16.3. The molecule has 1 aromatic rings. The number of nitrogens with one attached hydrogen (secondary N) is 1. The predicted octanol–water partition coefficient (Wildman–Crippen LogP) is 1.69. The van der Waals surface area contributed by atoms with Crippen molar-refractivity contribution in [3.63, 3.8) is 0 Å². The molecule has 3 rings (SSSR count). The van der Waals surface area contributed by atoms with Crippen LogP contribution in [-0.2, 0) is 9.53 Å². The summed E-state index contributed by atoms with van der Waals surface area (Å²) in [6, 6.07) is 4.03. The highest BCUT2D eigenvalue weighted by molar-refractivity contribution is 5.89. The number of carbonyl (C=O) groups is 2. The maximum Gasteiger partial charge on any atom is 0.339 e. The minimum Gasteiger partial charge on any atom is -0.462 e. The second-order valence-electron chi connectivity index (χ2n) is 7.37. The van der Waals surface area contributed by atoms with E-state index in [0.29, 0.717) is 24.1 Å². The second kappa shape index (κ2) is 9.17. The van der Waals surface area contributed by atoms with Gasteiger partial charge in [0.25, 0.3) is 0 Å². The van der Waals surface area contributed by atoms with Crippen molar-refractivity contribution in [3.8, 4) is 0 Å². The molecule has 1 amide bonds. The van der Waals surface area contributed by atoms with Gasteiger partial charge in [0.15, 0.2) is 0 Å². The van der Waals surface area contributed by atoms with Gasteiger partial charge in [-0.1, -0.05) is 0 Å². The topological polar surface area (TPSA) is 74.8 Å². The van der Waals surface area contributed by atoms with Gasteiger partial charge in [-0.2, -0.15) is 0 Å². The van der Waals surface area contributed by atoms with Gasteiger partial charge in [0.05, 0.1) is 12.2 Å². The summed E-state index contributed by atoms with van der Waals surface area (Å²) in [5.74, 6) is 0.943. The van der Waals surface area contributed by atoms with Gasteiger partial charge in [-0.15, -0.1) is 0 Å². The second-order valence-corrected chi connectivity index (χ2v) is 7.37. The number of nitrogens with zero attached hydrogens (tertiary/aromatic N) is 3. The van der Waals surface area contributed by atoms with E-state index in [1.807, 2.05) is 11.0 Å². The number of anilines is 1. The van der Waals surface area contributed by atoms with E-state index in [0.717, 1.165) is 57.8 Å². The molecule has 0 spiro atoms. The third kappa shape index (κ3) is 4.97. The molecule has 7 nitrogen and oxygen atoms in total. The maximum atomic E-state index is 12.9. The smallest absolute Gasteiger partial charge is 0.339 e. The Labute approximate surface area is 161 Å². The van der Waals surface area contributed by atoms with Crippen molar-refractivity contribution < 1.29 is 14.3 Å². The Morgan fingerprint density at radius 1 is 1.26 bits per heavy atom. The Hall–Kier alpha value is -2.15. The number of carbonyl (C=O) groups excluding carboxylic acids is 2. The molecule has 0 unspecified atom stereocenters. The zero-order chi connectivity index (χ0) is 19.2. The lowest BCUT2D eigenvalue weighted by Crippen LogP contribution is -2.45. The van der Waals surface area contributed by atoms with Gasteiger partial charge >= 0.3 is 5.97 Å². The highest BCUT2D eigenvalue weighted by atomic mass is 16.5. The highest BCUT2D eigenvalue weighted by Gasteiger charge is 2.29. The standard InChI is InChI=1S/C20H30N4O3/c1-3-27-20(26)17-5-6-18(22-14-17)23-9-4-10-24(12-11-23)19(25)16-7-8-21-15(2)13-16/h5-6,14-16,21H,3-4,7-13H2,1-2H3/t15-,16-/m0/s1. The van der Waals surface area contributed by atoms with Gasteiger partial charge in [-0.05, 0) is 51.8 Å². The Kier molecular flexibility index (Phi) is 6.66. The molecule has 2 saturated heterocycles. The van der Waals surface area contributed by atoms with Crippen LogP contribution in [0.25, 0.3) is 0 Å². The van der Waals surface area contributed by atoms with Crippen LogP contribution in [0.1, 0.15) is 43.5 Å². The fourth-order valence-corrected chi connectivity index (χ4v) is 3.89. The average Bonchev–Trinajstić information content (AvgIpc) is 2.94. The normalized spacial score (nSPS) is 23.6. The van der Waals surface area contributed by atoms with Crippen LogP contribution in [0.2, 0.25) is 0 Å². The van der Waals surface area contributed by atoms with E-state index in [4.69, 9.17) is 4.74 Å². The average molecular weight is 374 g/mol. The van der Waals surface area contributed by atoms with Crippen LogP contribution >= 0.6 is 0 Å². The predicted molar refractivity (Wildman–Crippen MR) is 104 cm³/mol. The van der Waals surface area contributed by atoms with E-state index in [1.165, 1.54) is 0 Å². The summed E-state index contributed by atoms with van der Waals surface area (Å²) in [6.45, 7) is 8.35. The van der Waals surface area contributed by atoms with Crippen LogP contribution in [0.3, 0.4) is 0 Å². The van der Waals surface area contributed by atoms with Crippen LogP contribution in [-0.4, -0.2) is 67.1 Å². The molecule has 0 radical (unpaired) electrons. The fourth-order valence-electron chi connectivity index (χ4n) is 3.89. The van der Waals surface area contributed by atoms with Crippen molar-refractivity contribution in [2.75, 3.05) is 44.2 Å². The molecule has 1 aromatic heterocycles. The van der Waals surface area contributed by atoms with Crippen molar-refractivity contribution in [1.29, 1.82) is 0 Å². The first-order valence-electron chi connectivity index (χ1n) is 9.98. The minimum atomic E-state index is -0.347. The van der Waals surface area contributed by atoms with Crippen molar-refractivity contribution in [2.24, 2.45) is 5.92 Å². The molecule has 2 fully saturated rings. The third-order valence-electron chi connectivity index (χ3n) is 5.36. The van der Waals surface area contributed by atoms with Crippen LogP contribution in [0.4, 0.5) is 5.82 Å². The van der Waals surface area contributed by atoms with E-state index in [2.05, 4.69) is 22.1 Å². The van der Waals surface area contributed by atoms with Gasteiger partial charge in [-0.25, -0.2) is 9.78 Å². The summed E-state index contributed by atoms with van der Waals surface area (Å²) in [4.78, 5) is 33.3. The molecule has 0 saturated carbocycles. The third-order valence-corrected chi connectivity index (χ3v) is 5.36. The summed E-state index contributed by atoms with van der Waals surface area (Å²) >= 11 is 0. The van der Waals surface area contributed by atoms with Crippen molar-refractivity contribution in [3.05, 3.63) is 23.9 Å². The maximum absolute atomic E-state index is 12.9. The monoisotopic (exact) mass is 374 g/mol. The summed E-state index contributed by atoms with van der Waals surface area (Å²) in [7, 11) is 0. The van der Waals surface area contributed by atoms with Gasteiger partial charge in [-0.3, -0.25) is 4.79 Å². The van der Waals surface area contributed by atoms with E-state index in [-0.39, 0.29) is 11.9 Å². The number of esters is 1. The molecule has 7 heteroatoms. The number of piperidine rings is 1. The Balaban J connectivity index is 1.58. The van der Waals surface area contributed by atoms with E-state index in [1.54, 1.807) is 19.2 Å². The van der Waals surface area contributed by atoms with Crippen molar-refractivity contribution in [2.45, 2.75) is 39.2 Å². The SMILES string of the molecule is CCOC(=O)c1ccc(N2CCCN(C(=O)[C@H]3CCN[C@@H](C)C3)CC2)nc1. The van der Waals surface area contributed by atoms with E-state index < -0.39 is 0 Å². The molecule has 1 N–H and O–H groups in total. The number of hydrogen-bond acceptors (Lipinski definition) is 6. The number of amides is 1. The molecule has 2 aliphatic rings. The molecule has 0 aliphatic carbocycles. The van der Waals surface area contributed by atoms with Gasteiger partial charge in [0.2, 0.25) is 5.91 Å². The molecule has 2 atom stereocenters. The minimum absolute atomic E-state index is 0.148. The van der Waals surface area contributed by atoms with E-state index >= 15 is 0 Å². The lowest BCUT2D eigenvalue weighted by atomic mass is 9.92. The highest BCUT2D eigenvalue weighted by Crippen LogP contribution is 2.21. The molecule has 0 aromatic carbocycles. The largest absolute Gasteiger partial charge is 0.462 e. The lowest BCUT2D eigenvalue weighted by molar-refractivity contribution is -0.136. The number of pyridine rings is 1. The van der Waals surface area contributed by atoms with Crippen LogP contribution in [0, 0.1) is 5.92 Å². The van der Waals surface area contributed by atoms with Gasteiger partial charge in [0.1, 0.15) is 5.82 Å². The molecule has 148 valence electrons. The fraction of sp³-hybridized carbons (Fsp3) is 0.650. The Morgan fingerprint density at radius 2 is 2.11 bits per heavy atom. The first kappa shape index (κ1) is 19.6. The first-order chi connectivity index (χ1) is 13.1. The summed E-state index contributed by atoms with van der Waals surface area (Å²) in [6.07, 6.45) is 4.35. The molecule has 0 bridgehead atoms. The molecule has 3 heterocycles.